The molecule has 1 N–H and O–H groups in total. The predicted molar refractivity (Wildman–Crippen MR) is 95.7 cm³/mol. The third-order valence-corrected chi connectivity index (χ3v) is 3.87. The SMILES string of the molecule is C=CC(=O)NCc1ccc(-c2ccc(F)cc2)cc1-n1ccc(C)n1. The van der Waals surface area contributed by atoms with Crippen molar-refractivity contribution in [1.29, 1.82) is 0 Å². The Bertz CT molecular complexity index is 913. The van der Waals surface area contributed by atoms with Gasteiger partial charge in [0, 0.05) is 12.7 Å². The Kier molecular flexibility index (Phi) is 4.75. The van der Waals surface area contributed by atoms with E-state index < -0.39 is 0 Å². The monoisotopic (exact) mass is 335 g/mol. The fraction of sp³-hybridized carbons (Fsp3) is 0.100. The second-order valence-electron chi connectivity index (χ2n) is 5.67. The van der Waals surface area contributed by atoms with Crippen molar-refractivity contribution < 1.29 is 9.18 Å². The second kappa shape index (κ2) is 7.13. The van der Waals surface area contributed by atoms with Gasteiger partial charge in [0.25, 0.3) is 0 Å². The van der Waals surface area contributed by atoms with Crippen LogP contribution < -0.4 is 5.32 Å². The third kappa shape index (κ3) is 3.83. The molecule has 0 saturated carbocycles. The van der Waals surface area contributed by atoms with Crippen molar-refractivity contribution in [3.8, 4) is 16.8 Å². The Morgan fingerprint density at radius 2 is 1.92 bits per heavy atom. The van der Waals surface area contributed by atoms with Crippen molar-refractivity contribution in [3.05, 3.63) is 84.5 Å². The average Bonchev–Trinajstić information content (AvgIpc) is 3.06. The second-order valence-corrected chi connectivity index (χ2v) is 5.67. The summed E-state index contributed by atoms with van der Waals surface area (Å²) in [6, 6.07) is 14.1. The van der Waals surface area contributed by atoms with E-state index in [1.54, 1.807) is 16.8 Å². The van der Waals surface area contributed by atoms with E-state index >= 15 is 0 Å². The number of benzene rings is 2. The predicted octanol–water partition coefficient (Wildman–Crippen LogP) is 3.79. The molecule has 25 heavy (non-hydrogen) atoms. The molecule has 126 valence electrons. The topological polar surface area (TPSA) is 46.9 Å². The first-order valence-electron chi connectivity index (χ1n) is 7.88. The van der Waals surface area contributed by atoms with E-state index in [2.05, 4.69) is 17.0 Å². The molecule has 0 radical (unpaired) electrons. The highest BCUT2D eigenvalue weighted by molar-refractivity contribution is 5.86. The largest absolute Gasteiger partial charge is 0.348 e. The molecule has 4 nitrogen and oxygen atoms in total. The lowest BCUT2D eigenvalue weighted by molar-refractivity contribution is -0.116. The highest BCUT2D eigenvalue weighted by Crippen LogP contribution is 2.25. The standard InChI is InChI=1S/C20H18FN3O/c1-3-20(25)22-13-17-5-4-16(15-6-8-18(21)9-7-15)12-19(17)24-11-10-14(2)23-24/h3-12H,1,13H2,2H3,(H,22,25). The Balaban J connectivity index is 2.02. The van der Waals surface area contributed by atoms with Gasteiger partial charge in [-0.25, -0.2) is 9.07 Å². The van der Waals surface area contributed by atoms with Crippen LogP contribution in [-0.4, -0.2) is 15.7 Å². The summed E-state index contributed by atoms with van der Waals surface area (Å²) in [5.74, 6) is -0.499. The Morgan fingerprint density at radius 1 is 1.20 bits per heavy atom. The van der Waals surface area contributed by atoms with Crippen molar-refractivity contribution in [1.82, 2.24) is 15.1 Å². The Labute approximate surface area is 145 Å². The quantitative estimate of drug-likeness (QED) is 0.721. The normalized spacial score (nSPS) is 10.5. The molecule has 3 rings (SSSR count). The zero-order valence-corrected chi connectivity index (χ0v) is 13.9. The van der Waals surface area contributed by atoms with E-state index in [0.29, 0.717) is 6.54 Å². The number of rotatable bonds is 5. The number of hydrogen-bond acceptors (Lipinski definition) is 2. The van der Waals surface area contributed by atoms with Crippen LogP contribution in [0.5, 0.6) is 0 Å². The van der Waals surface area contributed by atoms with Gasteiger partial charge in [0.05, 0.1) is 11.4 Å². The summed E-state index contributed by atoms with van der Waals surface area (Å²) >= 11 is 0. The molecule has 0 aliphatic carbocycles. The minimum absolute atomic E-state index is 0.231. The first kappa shape index (κ1) is 16.6. The summed E-state index contributed by atoms with van der Waals surface area (Å²) in [4.78, 5) is 11.5. The van der Waals surface area contributed by atoms with Gasteiger partial charge in [-0.15, -0.1) is 0 Å². The van der Waals surface area contributed by atoms with Crippen LogP contribution in [-0.2, 0) is 11.3 Å². The molecule has 5 heteroatoms. The van der Waals surface area contributed by atoms with Gasteiger partial charge < -0.3 is 5.32 Å². The van der Waals surface area contributed by atoms with Crippen molar-refractivity contribution in [2.24, 2.45) is 0 Å². The minimum Gasteiger partial charge on any atom is -0.348 e. The van der Waals surface area contributed by atoms with Crippen LogP contribution in [0.25, 0.3) is 16.8 Å². The molecule has 1 aromatic heterocycles. The van der Waals surface area contributed by atoms with Crippen molar-refractivity contribution >= 4 is 5.91 Å². The van der Waals surface area contributed by atoms with Crippen LogP contribution in [0.2, 0.25) is 0 Å². The molecule has 0 spiro atoms. The minimum atomic E-state index is -0.268. The maximum atomic E-state index is 13.2. The molecule has 1 heterocycles. The van der Waals surface area contributed by atoms with Gasteiger partial charge in [-0.2, -0.15) is 5.10 Å². The number of aromatic nitrogens is 2. The summed E-state index contributed by atoms with van der Waals surface area (Å²) < 4.78 is 14.9. The van der Waals surface area contributed by atoms with Crippen LogP contribution in [0.1, 0.15) is 11.3 Å². The zero-order chi connectivity index (χ0) is 17.8. The highest BCUT2D eigenvalue weighted by Gasteiger charge is 2.10. The maximum absolute atomic E-state index is 13.2. The van der Waals surface area contributed by atoms with E-state index in [4.69, 9.17) is 0 Å². The summed E-state index contributed by atoms with van der Waals surface area (Å²) in [5, 5.41) is 7.25. The van der Waals surface area contributed by atoms with Gasteiger partial charge in [0.1, 0.15) is 5.82 Å². The van der Waals surface area contributed by atoms with Crippen molar-refractivity contribution in [2.45, 2.75) is 13.5 Å². The zero-order valence-electron chi connectivity index (χ0n) is 13.9. The molecule has 0 unspecified atom stereocenters. The number of carbonyl (C=O) groups excluding carboxylic acids is 1. The molecule has 0 saturated heterocycles. The number of nitrogens with zero attached hydrogens (tertiary/aromatic N) is 2. The number of amides is 1. The Hall–Kier alpha value is -3.21. The van der Waals surface area contributed by atoms with Gasteiger partial charge >= 0.3 is 0 Å². The van der Waals surface area contributed by atoms with Gasteiger partial charge in [0.2, 0.25) is 5.91 Å². The number of hydrogen-bond donors (Lipinski definition) is 1. The summed E-state index contributed by atoms with van der Waals surface area (Å²) in [6.45, 7) is 5.74. The molecule has 2 aromatic carbocycles. The summed E-state index contributed by atoms with van der Waals surface area (Å²) in [7, 11) is 0. The van der Waals surface area contributed by atoms with Crippen LogP contribution in [0, 0.1) is 12.7 Å². The molecular formula is C20H18FN3O. The van der Waals surface area contributed by atoms with Crippen LogP contribution in [0.15, 0.2) is 67.4 Å². The number of nitrogens with one attached hydrogen (secondary N) is 1. The lowest BCUT2D eigenvalue weighted by atomic mass is 10.0. The highest BCUT2D eigenvalue weighted by atomic mass is 19.1. The van der Waals surface area contributed by atoms with Crippen LogP contribution in [0.4, 0.5) is 4.39 Å². The van der Waals surface area contributed by atoms with Crippen molar-refractivity contribution in [3.63, 3.8) is 0 Å². The van der Waals surface area contributed by atoms with Gasteiger partial charge in [-0.05, 0) is 54.0 Å². The van der Waals surface area contributed by atoms with Crippen molar-refractivity contribution in [2.75, 3.05) is 0 Å². The van der Waals surface area contributed by atoms with E-state index in [-0.39, 0.29) is 11.7 Å². The Morgan fingerprint density at radius 3 is 2.56 bits per heavy atom. The molecule has 0 aliphatic heterocycles. The molecular weight excluding hydrogens is 317 g/mol. The maximum Gasteiger partial charge on any atom is 0.243 e. The average molecular weight is 335 g/mol. The molecule has 1 amide bonds. The molecule has 0 fully saturated rings. The number of carbonyl (C=O) groups is 1. The van der Waals surface area contributed by atoms with Gasteiger partial charge in [-0.1, -0.05) is 30.8 Å². The molecule has 0 aliphatic rings. The van der Waals surface area contributed by atoms with Gasteiger partial charge in [0.15, 0.2) is 0 Å². The lowest BCUT2D eigenvalue weighted by Gasteiger charge is -2.13. The first-order valence-corrected chi connectivity index (χ1v) is 7.88. The van der Waals surface area contributed by atoms with E-state index in [1.165, 1.54) is 18.2 Å². The fourth-order valence-corrected chi connectivity index (χ4v) is 2.55. The third-order valence-electron chi connectivity index (χ3n) is 3.87. The fourth-order valence-electron chi connectivity index (χ4n) is 2.55. The molecule has 3 aromatic rings. The van der Waals surface area contributed by atoms with E-state index in [1.807, 2.05) is 37.4 Å². The number of halogens is 1. The summed E-state index contributed by atoms with van der Waals surface area (Å²) in [5.41, 5.74) is 4.53. The first-order chi connectivity index (χ1) is 12.1. The van der Waals surface area contributed by atoms with E-state index in [0.717, 1.165) is 28.1 Å². The summed E-state index contributed by atoms with van der Waals surface area (Å²) in [6.07, 6.45) is 3.11. The smallest absolute Gasteiger partial charge is 0.243 e. The van der Waals surface area contributed by atoms with Gasteiger partial charge in [-0.3, -0.25) is 4.79 Å². The lowest BCUT2D eigenvalue weighted by Crippen LogP contribution is -2.21. The molecule has 0 bridgehead atoms. The van der Waals surface area contributed by atoms with Crippen LogP contribution in [0.3, 0.4) is 0 Å². The molecule has 0 atom stereocenters. The van der Waals surface area contributed by atoms with E-state index in [9.17, 15) is 9.18 Å². The van der Waals surface area contributed by atoms with Crippen LogP contribution >= 0.6 is 0 Å². The number of aryl methyl sites for hydroxylation is 1.